The quantitative estimate of drug-likeness (QED) is 0.655. The molecule has 1 aliphatic heterocycles. The zero-order chi connectivity index (χ0) is 9.97. The molecule has 0 aliphatic carbocycles. The molecule has 1 aliphatic rings. The molecule has 0 bridgehead atoms. The minimum absolute atomic E-state index is 0.308. The van der Waals surface area contributed by atoms with E-state index < -0.39 is 0 Å². The summed E-state index contributed by atoms with van der Waals surface area (Å²) in [6.45, 7) is 1.48. The van der Waals surface area contributed by atoms with Gasteiger partial charge in [-0.2, -0.15) is 0 Å². The molecule has 0 fully saturated rings. The molecule has 3 heteroatoms. The summed E-state index contributed by atoms with van der Waals surface area (Å²) in [5.41, 5.74) is 7.95. The first-order valence-corrected chi connectivity index (χ1v) is 4.88. The third-order valence-electron chi connectivity index (χ3n) is 2.73. The molecule has 74 valence electrons. The molecule has 2 N–H and O–H groups in total. The smallest absolute Gasteiger partial charge is 0.314 e. The zero-order valence-electron chi connectivity index (χ0n) is 8.07. The lowest BCUT2D eigenvalue weighted by Gasteiger charge is -2.16. The first-order chi connectivity index (χ1) is 6.77. The standard InChI is InChI=1S/C11H14N2O/c12-11(14)13-7-5-9-3-1-2-4-10(9)6-8-13/h1-4H,5-8H2,(H2,12,14). The Morgan fingerprint density at radius 1 is 1.14 bits per heavy atom. The summed E-state index contributed by atoms with van der Waals surface area (Å²) < 4.78 is 0. The van der Waals surface area contributed by atoms with E-state index in [4.69, 9.17) is 5.73 Å². The van der Waals surface area contributed by atoms with Crippen molar-refractivity contribution in [3.8, 4) is 0 Å². The number of hydrogen-bond acceptors (Lipinski definition) is 1. The van der Waals surface area contributed by atoms with E-state index in [2.05, 4.69) is 12.1 Å². The lowest BCUT2D eigenvalue weighted by molar-refractivity contribution is 0.210. The number of hydrogen-bond donors (Lipinski definition) is 1. The van der Waals surface area contributed by atoms with Crippen molar-refractivity contribution in [1.29, 1.82) is 0 Å². The predicted octanol–water partition coefficient (Wildman–Crippen LogP) is 1.17. The third kappa shape index (κ3) is 1.71. The maximum atomic E-state index is 11.0. The van der Waals surface area contributed by atoms with Gasteiger partial charge in [-0.3, -0.25) is 0 Å². The van der Waals surface area contributed by atoms with Gasteiger partial charge < -0.3 is 10.6 Å². The average Bonchev–Trinajstić information content (AvgIpc) is 2.39. The van der Waals surface area contributed by atoms with Gasteiger partial charge in [-0.05, 0) is 24.0 Å². The first kappa shape index (κ1) is 9.06. The summed E-state index contributed by atoms with van der Waals surface area (Å²) in [6.07, 6.45) is 1.83. The average molecular weight is 190 g/mol. The van der Waals surface area contributed by atoms with E-state index in [1.165, 1.54) is 11.1 Å². The van der Waals surface area contributed by atoms with E-state index in [0.717, 1.165) is 25.9 Å². The first-order valence-electron chi connectivity index (χ1n) is 4.88. The van der Waals surface area contributed by atoms with Crippen molar-refractivity contribution >= 4 is 6.03 Å². The molecule has 0 atom stereocenters. The molecular weight excluding hydrogens is 176 g/mol. The van der Waals surface area contributed by atoms with Gasteiger partial charge in [0.1, 0.15) is 0 Å². The van der Waals surface area contributed by atoms with Crippen LogP contribution in [0.5, 0.6) is 0 Å². The van der Waals surface area contributed by atoms with Gasteiger partial charge >= 0.3 is 6.03 Å². The van der Waals surface area contributed by atoms with Crippen molar-refractivity contribution in [3.63, 3.8) is 0 Å². The van der Waals surface area contributed by atoms with Crippen LogP contribution >= 0.6 is 0 Å². The van der Waals surface area contributed by atoms with Gasteiger partial charge in [0.05, 0.1) is 0 Å². The summed E-state index contributed by atoms with van der Waals surface area (Å²) in [5, 5.41) is 0. The molecule has 1 aromatic rings. The lowest BCUT2D eigenvalue weighted by atomic mass is 10.0. The minimum Gasteiger partial charge on any atom is -0.351 e. The Kier molecular flexibility index (Phi) is 2.39. The van der Waals surface area contributed by atoms with Crippen molar-refractivity contribution < 1.29 is 4.79 Å². The number of primary amides is 1. The Morgan fingerprint density at radius 2 is 1.64 bits per heavy atom. The fourth-order valence-electron chi connectivity index (χ4n) is 1.89. The number of benzene rings is 1. The van der Waals surface area contributed by atoms with Gasteiger partial charge in [-0.1, -0.05) is 24.3 Å². The molecule has 14 heavy (non-hydrogen) atoms. The second-order valence-corrected chi connectivity index (χ2v) is 3.59. The highest BCUT2D eigenvalue weighted by Crippen LogP contribution is 2.14. The molecule has 0 saturated heterocycles. The molecule has 1 heterocycles. The molecular formula is C11H14N2O. The van der Waals surface area contributed by atoms with Gasteiger partial charge in [-0.25, -0.2) is 4.79 Å². The minimum atomic E-state index is -0.308. The Hall–Kier alpha value is -1.51. The zero-order valence-corrected chi connectivity index (χ0v) is 8.07. The Balaban J connectivity index is 2.18. The van der Waals surface area contributed by atoms with Crippen LogP contribution in [-0.4, -0.2) is 24.0 Å². The topological polar surface area (TPSA) is 46.3 Å². The molecule has 3 nitrogen and oxygen atoms in total. The SMILES string of the molecule is NC(=O)N1CCc2ccccc2CC1. The maximum absolute atomic E-state index is 11.0. The Labute approximate surface area is 83.5 Å². The fourth-order valence-corrected chi connectivity index (χ4v) is 1.89. The molecule has 0 aromatic heterocycles. The molecule has 0 radical (unpaired) electrons. The van der Waals surface area contributed by atoms with Crippen LogP contribution in [0, 0.1) is 0 Å². The number of rotatable bonds is 0. The van der Waals surface area contributed by atoms with Crippen LogP contribution in [0.2, 0.25) is 0 Å². The lowest BCUT2D eigenvalue weighted by Crippen LogP contribution is -2.37. The predicted molar refractivity (Wildman–Crippen MR) is 55.0 cm³/mol. The van der Waals surface area contributed by atoms with Crippen molar-refractivity contribution in [2.24, 2.45) is 5.73 Å². The van der Waals surface area contributed by atoms with E-state index in [9.17, 15) is 4.79 Å². The number of nitrogens with two attached hydrogens (primary N) is 1. The highest BCUT2D eigenvalue weighted by Gasteiger charge is 2.15. The van der Waals surface area contributed by atoms with Crippen LogP contribution in [0.25, 0.3) is 0 Å². The van der Waals surface area contributed by atoms with Gasteiger partial charge in [0.25, 0.3) is 0 Å². The van der Waals surface area contributed by atoms with E-state index in [1.807, 2.05) is 12.1 Å². The van der Waals surface area contributed by atoms with Crippen molar-refractivity contribution in [2.75, 3.05) is 13.1 Å². The van der Waals surface area contributed by atoms with Crippen LogP contribution in [-0.2, 0) is 12.8 Å². The Morgan fingerprint density at radius 3 is 2.07 bits per heavy atom. The number of urea groups is 1. The van der Waals surface area contributed by atoms with Gasteiger partial charge in [0.15, 0.2) is 0 Å². The summed E-state index contributed by atoms with van der Waals surface area (Å²) in [5.74, 6) is 0. The van der Waals surface area contributed by atoms with Crippen LogP contribution in [0.15, 0.2) is 24.3 Å². The maximum Gasteiger partial charge on any atom is 0.314 e. The number of carbonyl (C=O) groups is 1. The number of nitrogens with zero attached hydrogens (tertiary/aromatic N) is 1. The second-order valence-electron chi connectivity index (χ2n) is 3.59. The number of carbonyl (C=O) groups excluding carboxylic acids is 1. The summed E-state index contributed by atoms with van der Waals surface area (Å²) >= 11 is 0. The Bertz CT molecular complexity index is 322. The van der Waals surface area contributed by atoms with Gasteiger partial charge in [-0.15, -0.1) is 0 Å². The molecule has 1 aromatic carbocycles. The van der Waals surface area contributed by atoms with E-state index >= 15 is 0 Å². The largest absolute Gasteiger partial charge is 0.351 e. The van der Waals surface area contributed by atoms with E-state index in [1.54, 1.807) is 4.90 Å². The second kappa shape index (κ2) is 3.70. The van der Waals surface area contributed by atoms with E-state index in [0.29, 0.717) is 0 Å². The number of fused-ring (bicyclic) bond motifs is 1. The van der Waals surface area contributed by atoms with Crippen molar-refractivity contribution in [3.05, 3.63) is 35.4 Å². The summed E-state index contributed by atoms with van der Waals surface area (Å²) in [6, 6.07) is 8.02. The highest BCUT2D eigenvalue weighted by molar-refractivity contribution is 5.72. The molecule has 2 rings (SSSR count). The molecule has 0 saturated carbocycles. The number of amides is 2. The molecule has 0 spiro atoms. The molecule has 0 unspecified atom stereocenters. The van der Waals surface area contributed by atoms with Gasteiger partial charge in [0.2, 0.25) is 0 Å². The van der Waals surface area contributed by atoms with Crippen LogP contribution in [0.1, 0.15) is 11.1 Å². The van der Waals surface area contributed by atoms with E-state index in [-0.39, 0.29) is 6.03 Å². The highest BCUT2D eigenvalue weighted by atomic mass is 16.2. The van der Waals surface area contributed by atoms with Crippen molar-refractivity contribution in [1.82, 2.24) is 4.90 Å². The van der Waals surface area contributed by atoms with Crippen LogP contribution in [0.3, 0.4) is 0 Å². The van der Waals surface area contributed by atoms with Gasteiger partial charge in [0, 0.05) is 13.1 Å². The summed E-state index contributed by atoms with van der Waals surface area (Å²) in [4.78, 5) is 12.7. The van der Waals surface area contributed by atoms with Crippen LogP contribution < -0.4 is 5.73 Å². The monoisotopic (exact) mass is 190 g/mol. The summed E-state index contributed by atoms with van der Waals surface area (Å²) in [7, 11) is 0. The molecule has 2 amide bonds. The van der Waals surface area contributed by atoms with Crippen molar-refractivity contribution in [2.45, 2.75) is 12.8 Å². The normalized spacial score (nSPS) is 15.9. The third-order valence-corrected chi connectivity index (χ3v) is 2.73. The fraction of sp³-hybridized carbons (Fsp3) is 0.364. The van der Waals surface area contributed by atoms with Crippen LogP contribution in [0.4, 0.5) is 4.79 Å².